The first-order valence-corrected chi connectivity index (χ1v) is 15.9. The van der Waals surface area contributed by atoms with Crippen LogP contribution in [0.15, 0.2) is 59.2 Å². The molecule has 0 unspecified atom stereocenters. The molecule has 1 N–H and O–H groups in total. The topological polar surface area (TPSA) is 79.2 Å². The van der Waals surface area contributed by atoms with Crippen LogP contribution in [0.2, 0.25) is 0 Å². The van der Waals surface area contributed by atoms with Crippen molar-refractivity contribution in [2.75, 3.05) is 13.2 Å². The van der Waals surface area contributed by atoms with E-state index in [2.05, 4.69) is 56.4 Å². The molecule has 43 heavy (non-hydrogen) atoms. The average Bonchev–Trinajstić information content (AvgIpc) is 3.69. The van der Waals surface area contributed by atoms with Gasteiger partial charge in [0.1, 0.15) is 12.2 Å². The lowest BCUT2D eigenvalue weighted by atomic mass is 9.43. The smallest absolute Gasteiger partial charge is 0.464 e. The van der Waals surface area contributed by atoms with Gasteiger partial charge in [-0.2, -0.15) is 0 Å². The van der Waals surface area contributed by atoms with Crippen molar-refractivity contribution in [3.63, 3.8) is 0 Å². The van der Waals surface area contributed by atoms with E-state index < -0.39 is 19.2 Å². The third kappa shape index (κ3) is 4.39. The second-order valence-electron chi connectivity index (χ2n) is 14.1. The summed E-state index contributed by atoms with van der Waals surface area (Å²) in [5.41, 5.74) is 5.30. The molecule has 1 amide bonds. The molecule has 3 heterocycles. The van der Waals surface area contributed by atoms with Crippen LogP contribution in [0.5, 0.6) is 0 Å². The predicted molar refractivity (Wildman–Crippen MR) is 164 cm³/mol. The van der Waals surface area contributed by atoms with E-state index >= 15 is 0 Å². The molecule has 3 aromatic rings. The van der Waals surface area contributed by atoms with Gasteiger partial charge in [-0.25, -0.2) is 4.79 Å². The van der Waals surface area contributed by atoms with E-state index in [0.717, 1.165) is 54.6 Å². The number of allylic oxidation sites excluding steroid dienone is 1. The third-order valence-corrected chi connectivity index (χ3v) is 11.6. The molecule has 3 saturated carbocycles. The molecule has 2 bridgehead atoms. The minimum Gasteiger partial charge on any atom is -0.464 e. The lowest BCUT2D eigenvalue weighted by Crippen LogP contribution is -2.65. The van der Waals surface area contributed by atoms with Gasteiger partial charge in [0.25, 0.3) is 0 Å². The van der Waals surface area contributed by atoms with E-state index in [1.165, 1.54) is 17.5 Å². The number of ether oxygens (including phenoxy) is 2. The zero-order chi connectivity index (χ0) is 29.4. The normalized spacial score (nSPS) is 30.1. The largest absolute Gasteiger partial charge is 0.482 e. The molecule has 2 aromatic carbocycles. The molecule has 0 radical (unpaired) electrons. The molecule has 6 aliphatic rings. The average molecular weight is 582 g/mol. The first-order chi connectivity index (χ1) is 20.7. The molecular weight excluding hydrogens is 541 g/mol. The SMILES string of the molecule is CC1(C)[C@@H]2C[C@H]3OB([C@H](Cc4coc5ccccc45)NC(=O)OCc4ccc5c(c4)C=CC54CCOCC4)O[C@@]3(C)[C@H]1C2. The van der Waals surface area contributed by atoms with Crippen molar-refractivity contribution < 1.29 is 28.0 Å². The number of carbonyl (C=O) groups is 1. The van der Waals surface area contributed by atoms with Gasteiger partial charge in [-0.15, -0.1) is 0 Å². The highest BCUT2D eigenvalue weighted by atomic mass is 16.7. The van der Waals surface area contributed by atoms with Gasteiger partial charge in [-0.05, 0) is 90.7 Å². The molecule has 8 heteroatoms. The van der Waals surface area contributed by atoms with Gasteiger partial charge in [-0.3, -0.25) is 0 Å². The van der Waals surface area contributed by atoms with Gasteiger partial charge in [0.2, 0.25) is 0 Å². The van der Waals surface area contributed by atoms with E-state index in [0.29, 0.717) is 18.3 Å². The fourth-order valence-electron chi connectivity index (χ4n) is 8.86. The molecule has 5 fully saturated rings. The number of amides is 1. The van der Waals surface area contributed by atoms with Crippen LogP contribution in [0.25, 0.3) is 17.0 Å². The van der Waals surface area contributed by atoms with Gasteiger partial charge in [0.05, 0.1) is 23.9 Å². The summed E-state index contributed by atoms with van der Waals surface area (Å²) < 4.78 is 30.6. The number of carbonyl (C=O) groups excluding carboxylic acids is 1. The zero-order valence-electron chi connectivity index (χ0n) is 25.3. The van der Waals surface area contributed by atoms with Crippen molar-refractivity contribution in [2.45, 2.75) is 82.5 Å². The van der Waals surface area contributed by atoms with E-state index in [9.17, 15) is 4.79 Å². The van der Waals surface area contributed by atoms with Crippen LogP contribution < -0.4 is 5.32 Å². The van der Waals surface area contributed by atoms with Crippen LogP contribution in [0.4, 0.5) is 4.79 Å². The van der Waals surface area contributed by atoms with E-state index in [-0.39, 0.29) is 29.1 Å². The Morgan fingerprint density at radius 1 is 1.12 bits per heavy atom. The number of alkyl carbamates (subject to hydrolysis) is 1. The second-order valence-corrected chi connectivity index (χ2v) is 14.1. The Morgan fingerprint density at radius 3 is 2.79 bits per heavy atom. The first-order valence-electron chi connectivity index (χ1n) is 15.9. The maximum atomic E-state index is 13.3. The Balaban J connectivity index is 0.988. The molecule has 2 saturated heterocycles. The second kappa shape index (κ2) is 9.98. The minimum atomic E-state index is -0.577. The Kier molecular flexibility index (Phi) is 6.38. The van der Waals surface area contributed by atoms with Crippen molar-refractivity contribution in [3.05, 3.63) is 77.1 Å². The van der Waals surface area contributed by atoms with Crippen LogP contribution in [-0.4, -0.2) is 44.1 Å². The summed E-state index contributed by atoms with van der Waals surface area (Å²) in [6, 6.07) is 14.4. The quantitative estimate of drug-likeness (QED) is 0.330. The number of benzene rings is 2. The number of rotatable bonds is 6. The van der Waals surface area contributed by atoms with Gasteiger partial charge in [-0.1, -0.05) is 56.3 Å². The van der Waals surface area contributed by atoms with Crippen LogP contribution in [0.3, 0.4) is 0 Å². The molecule has 1 aromatic heterocycles. The molecular formula is C35H40BNO6. The highest BCUT2D eigenvalue weighted by molar-refractivity contribution is 6.48. The number of para-hydroxylation sites is 1. The van der Waals surface area contributed by atoms with Crippen molar-refractivity contribution in [1.82, 2.24) is 5.32 Å². The van der Waals surface area contributed by atoms with Crippen LogP contribution in [0.1, 0.15) is 68.7 Å². The van der Waals surface area contributed by atoms with Gasteiger partial charge in [0.15, 0.2) is 0 Å². The van der Waals surface area contributed by atoms with Crippen molar-refractivity contribution in [3.8, 4) is 0 Å². The van der Waals surface area contributed by atoms with E-state index in [4.69, 9.17) is 23.2 Å². The molecule has 2 aliphatic heterocycles. The zero-order valence-corrected chi connectivity index (χ0v) is 25.3. The van der Waals surface area contributed by atoms with E-state index in [1.54, 1.807) is 6.26 Å². The summed E-state index contributed by atoms with van der Waals surface area (Å²) in [6.07, 6.45) is 10.5. The first kappa shape index (κ1) is 27.5. The Morgan fingerprint density at radius 2 is 1.95 bits per heavy atom. The molecule has 1 spiro atoms. The maximum absolute atomic E-state index is 13.3. The molecule has 4 aliphatic carbocycles. The van der Waals surface area contributed by atoms with Gasteiger partial charge < -0.3 is 28.5 Å². The molecule has 7 nitrogen and oxygen atoms in total. The number of furan rings is 1. The van der Waals surface area contributed by atoms with E-state index in [1.807, 2.05) is 24.3 Å². The number of hydrogen-bond donors (Lipinski definition) is 1. The lowest BCUT2D eigenvalue weighted by Gasteiger charge is -2.64. The summed E-state index contributed by atoms with van der Waals surface area (Å²) in [6.45, 7) is 8.68. The predicted octanol–water partition coefficient (Wildman–Crippen LogP) is 6.61. The Hall–Kier alpha value is -3.07. The summed E-state index contributed by atoms with van der Waals surface area (Å²) >= 11 is 0. The lowest BCUT2D eigenvalue weighted by molar-refractivity contribution is -0.199. The molecule has 9 rings (SSSR count). The number of fused-ring (bicyclic) bond motifs is 3. The fraction of sp³-hybridized carbons (Fsp3) is 0.514. The van der Waals surface area contributed by atoms with Crippen LogP contribution >= 0.6 is 0 Å². The Bertz CT molecular complexity index is 1590. The van der Waals surface area contributed by atoms with Gasteiger partial charge >= 0.3 is 13.2 Å². The van der Waals surface area contributed by atoms with Crippen molar-refractivity contribution in [1.29, 1.82) is 0 Å². The van der Waals surface area contributed by atoms with Gasteiger partial charge in [0, 0.05) is 24.0 Å². The highest BCUT2D eigenvalue weighted by Gasteiger charge is 2.68. The van der Waals surface area contributed by atoms with Crippen molar-refractivity contribution in [2.24, 2.45) is 17.3 Å². The summed E-state index contributed by atoms with van der Waals surface area (Å²) in [5.74, 6) is 0.647. The number of nitrogens with one attached hydrogen (secondary N) is 1. The fourth-order valence-corrected chi connectivity index (χ4v) is 8.86. The van der Waals surface area contributed by atoms with Crippen LogP contribution in [-0.2, 0) is 37.2 Å². The monoisotopic (exact) mass is 581 g/mol. The van der Waals surface area contributed by atoms with Crippen LogP contribution in [0, 0.1) is 17.3 Å². The minimum absolute atomic E-state index is 0.0224. The standard InChI is InChI=1S/C35H40BNO6/c1-33(2)25-18-29(33)34(3)30(19-25)42-36(43-34)31(17-24-21-40-28-7-5-4-6-26(24)28)37-32(38)41-20-22-8-9-27-23(16-22)10-11-35(27)12-14-39-15-13-35/h4-11,16,21,25,29-31H,12-15,17-20H2,1-3H3,(H,37,38)/t25-,29-,30+,31-,34-/m0/s1. The highest BCUT2D eigenvalue weighted by Crippen LogP contribution is 2.65. The summed E-state index contributed by atoms with van der Waals surface area (Å²) in [7, 11) is -0.577. The Labute approximate surface area is 253 Å². The molecule has 224 valence electrons. The summed E-state index contributed by atoms with van der Waals surface area (Å²) in [5, 5.41) is 4.16. The third-order valence-electron chi connectivity index (χ3n) is 11.6. The number of hydrogen-bond acceptors (Lipinski definition) is 6. The summed E-state index contributed by atoms with van der Waals surface area (Å²) in [4.78, 5) is 13.3. The van der Waals surface area contributed by atoms with Crippen molar-refractivity contribution >= 4 is 30.3 Å². The maximum Gasteiger partial charge on any atom is 0.482 e. The molecule has 5 atom stereocenters.